The van der Waals surface area contributed by atoms with Gasteiger partial charge in [0.15, 0.2) is 5.82 Å². The maximum absolute atomic E-state index is 13.6. The Hall–Kier alpha value is -3.33. The van der Waals surface area contributed by atoms with Gasteiger partial charge in [-0.3, -0.25) is 9.69 Å². The Morgan fingerprint density at radius 3 is 2.80 bits per heavy atom. The van der Waals surface area contributed by atoms with Crippen molar-refractivity contribution in [3.05, 3.63) is 46.9 Å². The number of nitrogens with zero attached hydrogens (tertiary/aromatic N) is 7. The molecule has 1 N–H and O–H groups in total. The highest BCUT2D eigenvalue weighted by atomic mass is 16.2. The van der Waals surface area contributed by atoms with Gasteiger partial charge in [-0.1, -0.05) is 12.5 Å². The van der Waals surface area contributed by atoms with Crippen LogP contribution in [0.15, 0.2) is 24.3 Å². The standard InChI is InChI=1S/C26H34N8O/c1-16(2)32(5)24-13-18-19(21(29-24)14-27-4)15-33(26(18)35)22-12-8-10-20(28-22)25-31-30-23-11-7-6-9-17(3)34(23)25/h8,10,12-13,16-17,27H,6-7,9,11,14-15H2,1-5H3. The number of carbonyl (C=O) groups excluding carboxylic acids is 1. The molecule has 0 aliphatic carbocycles. The van der Waals surface area contributed by atoms with Gasteiger partial charge >= 0.3 is 0 Å². The fraction of sp³-hybridized carbons (Fsp3) is 0.500. The lowest BCUT2D eigenvalue weighted by atomic mass is 10.1. The molecule has 2 aliphatic rings. The molecule has 0 saturated carbocycles. The number of hydrogen-bond acceptors (Lipinski definition) is 7. The maximum atomic E-state index is 13.6. The molecule has 3 aromatic heterocycles. The summed E-state index contributed by atoms with van der Waals surface area (Å²) < 4.78 is 2.22. The predicted molar refractivity (Wildman–Crippen MR) is 137 cm³/mol. The second-order valence-electron chi connectivity index (χ2n) is 9.87. The summed E-state index contributed by atoms with van der Waals surface area (Å²) in [5, 5.41) is 12.2. The minimum Gasteiger partial charge on any atom is -0.357 e. The molecule has 1 atom stereocenters. The van der Waals surface area contributed by atoms with E-state index < -0.39 is 0 Å². The number of hydrogen-bond donors (Lipinski definition) is 1. The first-order valence-electron chi connectivity index (χ1n) is 12.5. The molecule has 9 nitrogen and oxygen atoms in total. The van der Waals surface area contributed by atoms with Gasteiger partial charge < -0.3 is 14.8 Å². The van der Waals surface area contributed by atoms with E-state index in [1.165, 1.54) is 6.42 Å². The van der Waals surface area contributed by atoms with E-state index in [0.717, 1.165) is 53.7 Å². The van der Waals surface area contributed by atoms with Gasteiger partial charge in [-0.15, -0.1) is 10.2 Å². The van der Waals surface area contributed by atoms with Crippen molar-refractivity contribution >= 4 is 17.5 Å². The van der Waals surface area contributed by atoms with Crippen LogP contribution in [-0.4, -0.2) is 50.8 Å². The lowest BCUT2D eigenvalue weighted by Gasteiger charge is -2.24. The summed E-state index contributed by atoms with van der Waals surface area (Å²) in [4.78, 5) is 27.2. The third-order valence-electron chi connectivity index (χ3n) is 7.19. The number of pyridine rings is 2. The van der Waals surface area contributed by atoms with E-state index in [4.69, 9.17) is 9.97 Å². The topological polar surface area (TPSA) is 92.1 Å². The van der Waals surface area contributed by atoms with E-state index >= 15 is 0 Å². The van der Waals surface area contributed by atoms with Gasteiger partial charge in [0.05, 0.1) is 17.8 Å². The van der Waals surface area contributed by atoms with E-state index in [0.29, 0.717) is 30.5 Å². The van der Waals surface area contributed by atoms with Crippen LogP contribution in [0.25, 0.3) is 11.5 Å². The highest BCUT2D eigenvalue weighted by Gasteiger charge is 2.33. The van der Waals surface area contributed by atoms with Gasteiger partial charge in [0.2, 0.25) is 0 Å². The van der Waals surface area contributed by atoms with Gasteiger partial charge in [-0.05, 0) is 58.9 Å². The van der Waals surface area contributed by atoms with Crippen LogP contribution >= 0.6 is 0 Å². The van der Waals surface area contributed by atoms with E-state index in [1.54, 1.807) is 4.90 Å². The summed E-state index contributed by atoms with van der Waals surface area (Å²) in [6.45, 7) is 7.49. The van der Waals surface area contributed by atoms with Gasteiger partial charge in [-0.25, -0.2) is 9.97 Å². The summed E-state index contributed by atoms with van der Waals surface area (Å²) in [5.41, 5.74) is 3.30. The fourth-order valence-corrected chi connectivity index (χ4v) is 4.98. The molecule has 184 valence electrons. The number of anilines is 2. The summed E-state index contributed by atoms with van der Waals surface area (Å²) in [7, 11) is 3.90. The Labute approximate surface area is 206 Å². The number of fused-ring (bicyclic) bond motifs is 2. The molecule has 0 radical (unpaired) electrons. The van der Waals surface area contributed by atoms with Gasteiger partial charge in [-0.2, -0.15) is 0 Å². The van der Waals surface area contributed by atoms with Crippen LogP contribution in [0, 0.1) is 0 Å². The van der Waals surface area contributed by atoms with Crippen LogP contribution in [-0.2, 0) is 19.5 Å². The first kappa shape index (κ1) is 23.4. The highest BCUT2D eigenvalue weighted by molar-refractivity contribution is 6.10. The number of aromatic nitrogens is 5. The SMILES string of the molecule is CNCc1nc(N(C)C(C)C)cc2c1CN(c1cccc(-c3nnc4n3C(C)CCCC4)n1)C2=O. The van der Waals surface area contributed by atoms with Crippen molar-refractivity contribution in [3.63, 3.8) is 0 Å². The quantitative estimate of drug-likeness (QED) is 0.582. The molecule has 0 aromatic carbocycles. The number of amides is 1. The van der Waals surface area contributed by atoms with Crippen molar-refractivity contribution in [2.24, 2.45) is 0 Å². The van der Waals surface area contributed by atoms with Crippen LogP contribution in [0.4, 0.5) is 11.6 Å². The Morgan fingerprint density at radius 2 is 2.03 bits per heavy atom. The lowest BCUT2D eigenvalue weighted by molar-refractivity contribution is 0.0996. The molecule has 5 rings (SSSR count). The zero-order chi connectivity index (χ0) is 24.7. The fourth-order valence-electron chi connectivity index (χ4n) is 4.98. The maximum Gasteiger partial charge on any atom is 0.260 e. The molecule has 3 aromatic rings. The summed E-state index contributed by atoms with van der Waals surface area (Å²) in [5.74, 6) is 3.18. The molecule has 0 spiro atoms. The first-order valence-corrected chi connectivity index (χ1v) is 12.5. The van der Waals surface area contributed by atoms with Crippen molar-refractivity contribution in [3.8, 4) is 11.5 Å². The Balaban J connectivity index is 1.51. The average Bonchev–Trinajstić information content (AvgIpc) is 3.37. The smallest absolute Gasteiger partial charge is 0.260 e. The summed E-state index contributed by atoms with van der Waals surface area (Å²) >= 11 is 0. The third kappa shape index (κ3) is 4.18. The minimum absolute atomic E-state index is 0.0451. The van der Waals surface area contributed by atoms with Crippen molar-refractivity contribution in [2.45, 2.75) is 71.6 Å². The Morgan fingerprint density at radius 1 is 1.20 bits per heavy atom. The average molecular weight is 475 g/mol. The van der Waals surface area contributed by atoms with Gasteiger partial charge in [0.1, 0.15) is 23.2 Å². The molecule has 5 heterocycles. The van der Waals surface area contributed by atoms with Crippen molar-refractivity contribution in [1.82, 2.24) is 30.0 Å². The van der Waals surface area contributed by atoms with Gasteiger partial charge in [0.25, 0.3) is 5.91 Å². The summed E-state index contributed by atoms with van der Waals surface area (Å²) in [6.07, 6.45) is 4.36. The predicted octanol–water partition coefficient (Wildman–Crippen LogP) is 3.75. The largest absolute Gasteiger partial charge is 0.357 e. The number of aryl methyl sites for hydroxylation is 1. The molecule has 1 unspecified atom stereocenters. The van der Waals surface area contributed by atoms with E-state index in [9.17, 15) is 4.79 Å². The van der Waals surface area contributed by atoms with Crippen LogP contribution in [0.5, 0.6) is 0 Å². The molecule has 35 heavy (non-hydrogen) atoms. The van der Waals surface area contributed by atoms with Crippen molar-refractivity contribution in [2.75, 3.05) is 23.9 Å². The molecule has 2 aliphatic heterocycles. The third-order valence-corrected chi connectivity index (χ3v) is 7.19. The summed E-state index contributed by atoms with van der Waals surface area (Å²) in [6, 6.07) is 8.31. The van der Waals surface area contributed by atoms with E-state index in [2.05, 4.69) is 45.8 Å². The molecule has 0 fully saturated rings. The van der Waals surface area contributed by atoms with Crippen LogP contribution in [0.1, 0.15) is 73.5 Å². The lowest BCUT2D eigenvalue weighted by Crippen LogP contribution is -2.27. The van der Waals surface area contributed by atoms with E-state index in [-0.39, 0.29) is 11.9 Å². The van der Waals surface area contributed by atoms with Crippen molar-refractivity contribution < 1.29 is 4.79 Å². The van der Waals surface area contributed by atoms with Gasteiger partial charge in [0, 0.05) is 37.7 Å². The molecule has 9 heteroatoms. The number of nitrogens with one attached hydrogen (secondary N) is 1. The molecule has 1 amide bonds. The second kappa shape index (κ2) is 9.37. The van der Waals surface area contributed by atoms with E-state index in [1.807, 2.05) is 38.4 Å². The molecule has 0 saturated heterocycles. The number of carbonyl (C=O) groups is 1. The molecular weight excluding hydrogens is 440 g/mol. The normalized spacial score (nSPS) is 17.5. The molecule has 0 bridgehead atoms. The van der Waals surface area contributed by atoms with Crippen LogP contribution < -0.4 is 15.1 Å². The minimum atomic E-state index is -0.0451. The highest BCUT2D eigenvalue weighted by Crippen LogP contribution is 2.33. The Kier molecular flexibility index (Phi) is 6.27. The van der Waals surface area contributed by atoms with Crippen LogP contribution in [0.2, 0.25) is 0 Å². The molecular formula is C26H34N8O. The second-order valence-corrected chi connectivity index (χ2v) is 9.87. The first-order chi connectivity index (χ1) is 16.9. The zero-order valence-corrected chi connectivity index (χ0v) is 21.2. The number of rotatable bonds is 6. The van der Waals surface area contributed by atoms with Crippen molar-refractivity contribution in [1.29, 1.82) is 0 Å². The monoisotopic (exact) mass is 474 g/mol. The van der Waals surface area contributed by atoms with Crippen LogP contribution in [0.3, 0.4) is 0 Å². The Bertz CT molecular complexity index is 1250. The zero-order valence-electron chi connectivity index (χ0n) is 21.2.